The Morgan fingerprint density at radius 2 is 2.00 bits per heavy atom. The molecule has 0 aliphatic carbocycles. The van der Waals surface area contributed by atoms with Gasteiger partial charge in [-0.1, -0.05) is 18.5 Å². The van der Waals surface area contributed by atoms with Crippen LogP contribution in [-0.2, 0) is 9.53 Å². The molecule has 0 spiro atoms. The molecule has 1 aliphatic heterocycles. The van der Waals surface area contributed by atoms with Crippen LogP contribution >= 0.6 is 11.6 Å². The zero-order valence-electron chi connectivity index (χ0n) is 15.8. The van der Waals surface area contributed by atoms with E-state index in [9.17, 15) is 9.59 Å². The molecule has 0 saturated carbocycles. The molecule has 27 heavy (non-hydrogen) atoms. The third kappa shape index (κ3) is 6.09. The summed E-state index contributed by atoms with van der Waals surface area (Å²) in [5, 5.41) is 9.52. The first-order chi connectivity index (χ1) is 13.0. The summed E-state index contributed by atoms with van der Waals surface area (Å²) in [5.41, 5.74) is 0.440. The largest absolute Gasteiger partial charge is 0.490 e. The lowest BCUT2D eigenvalue weighted by Crippen LogP contribution is -2.48. The molecule has 150 valence electrons. The monoisotopic (exact) mass is 398 g/mol. The van der Waals surface area contributed by atoms with Crippen molar-refractivity contribution in [2.75, 3.05) is 46.5 Å². The Morgan fingerprint density at radius 1 is 1.30 bits per heavy atom. The van der Waals surface area contributed by atoms with Crippen LogP contribution in [-0.4, -0.2) is 79.3 Å². The number of nitrogens with zero attached hydrogens (tertiary/aromatic N) is 2. The summed E-state index contributed by atoms with van der Waals surface area (Å²) >= 11 is 6.08. The highest BCUT2D eigenvalue weighted by atomic mass is 35.5. The number of amides is 1. The van der Waals surface area contributed by atoms with E-state index in [-0.39, 0.29) is 18.5 Å². The Hall–Kier alpha value is -1.83. The minimum Gasteiger partial charge on any atom is -0.490 e. The summed E-state index contributed by atoms with van der Waals surface area (Å²) in [6.07, 6.45) is 1.49. The van der Waals surface area contributed by atoms with Crippen LogP contribution in [0.2, 0.25) is 5.02 Å². The van der Waals surface area contributed by atoms with Gasteiger partial charge in [0.05, 0.1) is 18.7 Å². The third-order valence-electron chi connectivity index (χ3n) is 4.73. The molecule has 0 unspecified atom stereocenters. The Kier molecular flexibility index (Phi) is 8.34. The van der Waals surface area contributed by atoms with Gasteiger partial charge < -0.3 is 19.5 Å². The van der Waals surface area contributed by atoms with Crippen molar-refractivity contribution in [2.45, 2.75) is 25.8 Å². The molecule has 0 aromatic heterocycles. The third-order valence-corrected chi connectivity index (χ3v) is 4.96. The predicted molar refractivity (Wildman–Crippen MR) is 103 cm³/mol. The molecule has 0 bridgehead atoms. The van der Waals surface area contributed by atoms with Gasteiger partial charge in [-0.15, -0.1) is 0 Å². The molecule has 1 aromatic carbocycles. The van der Waals surface area contributed by atoms with Gasteiger partial charge in [0.25, 0.3) is 5.91 Å². The predicted octanol–water partition coefficient (Wildman–Crippen LogP) is 2.38. The van der Waals surface area contributed by atoms with E-state index in [2.05, 4.69) is 0 Å². The molecule has 1 aromatic rings. The first kappa shape index (κ1) is 21.5. The van der Waals surface area contributed by atoms with Gasteiger partial charge in [-0.3, -0.25) is 14.5 Å². The second-order valence-electron chi connectivity index (χ2n) is 6.46. The van der Waals surface area contributed by atoms with E-state index in [4.69, 9.17) is 26.2 Å². The maximum Gasteiger partial charge on any atom is 0.317 e. The number of hydrogen-bond acceptors (Lipinski definition) is 5. The van der Waals surface area contributed by atoms with Crippen molar-refractivity contribution in [3.63, 3.8) is 0 Å². The SMILES string of the molecule is CCN(CC(=O)O)C1CCN(C(=O)c2cc(Cl)ccc2OCCOC)CC1. The molecule has 1 N–H and O–H groups in total. The smallest absolute Gasteiger partial charge is 0.317 e. The minimum absolute atomic E-state index is 0.0287. The molecule has 1 amide bonds. The van der Waals surface area contributed by atoms with Crippen molar-refractivity contribution in [3.05, 3.63) is 28.8 Å². The molecule has 2 rings (SSSR count). The number of methoxy groups -OCH3 is 1. The second-order valence-corrected chi connectivity index (χ2v) is 6.90. The number of rotatable bonds is 9. The highest BCUT2D eigenvalue weighted by Crippen LogP contribution is 2.26. The molecule has 8 heteroatoms. The minimum atomic E-state index is -0.827. The Morgan fingerprint density at radius 3 is 2.59 bits per heavy atom. The molecule has 1 saturated heterocycles. The van der Waals surface area contributed by atoms with Crippen molar-refractivity contribution >= 4 is 23.5 Å². The number of carboxylic acids is 1. The van der Waals surface area contributed by atoms with Crippen LogP contribution in [0.4, 0.5) is 0 Å². The highest BCUT2D eigenvalue weighted by Gasteiger charge is 2.29. The molecule has 1 aliphatic rings. The summed E-state index contributed by atoms with van der Waals surface area (Å²) in [5.74, 6) is -0.457. The maximum absolute atomic E-state index is 13.0. The van der Waals surface area contributed by atoms with Gasteiger partial charge in [-0.2, -0.15) is 0 Å². The number of hydrogen-bond donors (Lipinski definition) is 1. The molecule has 1 heterocycles. The van der Waals surface area contributed by atoms with Crippen molar-refractivity contribution in [1.82, 2.24) is 9.80 Å². The Bertz CT molecular complexity index is 647. The average molecular weight is 399 g/mol. The topological polar surface area (TPSA) is 79.3 Å². The summed E-state index contributed by atoms with van der Waals surface area (Å²) in [4.78, 5) is 27.7. The first-order valence-electron chi connectivity index (χ1n) is 9.12. The fourth-order valence-electron chi connectivity index (χ4n) is 3.31. The number of likely N-dealkylation sites (N-methyl/N-ethyl adjacent to an activating group) is 1. The molecule has 1 fully saturated rings. The normalized spacial score (nSPS) is 15.2. The van der Waals surface area contributed by atoms with E-state index < -0.39 is 5.97 Å². The Balaban J connectivity index is 2.02. The summed E-state index contributed by atoms with van der Waals surface area (Å²) in [7, 11) is 1.59. The van der Waals surface area contributed by atoms with Gasteiger partial charge in [0.15, 0.2) is 0 Å². The molecular formula is C19H27ClN2O5. The van der Waals surface area contributed by atoms with Gasteiger partial charge in [0.2, 0.25) is 0 Å². The number of piperidine rings is 1. The van der Waals surface area contributed by atoms with Crippen molar-refractivity contribution in [2.24, 2.45) is 0 Å². The van der Waals surface area contributed by atoms with Gasteiger partial charge >= 0.3 is 5.97 Å². The van der Waals surface area contributed by atoms with Crippen molar-refractivity contribution in [3.8, 4) is 5.75 Å². The van der Waals surface area contributed by atoms with E-state index in [0.29, 0.717) is 49.2 Å². The number of halogens is 1. The lowest BCUT2D eigenvalue weighted by atomic mass is 10.0. The number of ether oxygens (including phenoxy) is 2. The van der Waals surface area contributed by atoms with Crippen LogP contribution in [0.25, 0.3) is 0 Å². The molecular weight excluding hydrogens is 372 g/mol. The number of carbonyl (C=O) groups is 2. The van der Waals surface area contributed by atoms with Gasteiger partial charge in [0.1, 0.15) is 12.4 Å². The lowest BCUT2D eigenvalue weighted by molar-refractivity contribution is -0.139. The number of carboxylic acid groups (broad SMARTS) is 1. The fraction of sp³-hybridized carbons (Fsp3) is 0.579. The standard InChI is InChI=1S/C19H27ClN2O5/c1-3-21(13-18(23)24)15-6-8-22(9-7-15)19(25)16-12-14(20)4-5-17(16)27-11-10-26-2/h4-5,12,15H,3,6-11,13H2,1-2H3,(H,23,24). The van der Waals surface area contributed by atoms with E-state index in [1.54, 1.807) is 30.2 Å². The average Bonchev–Trinajstić information content (AvgIpc) is 2.67. The van der Waals surface area contributed by atoms with E-state index in [1.165, 1.54) is 0 Å². The molecule has 0 atom stereocenters. The number of carbonyl (C=O) groups excluding carboxylic acids is 1. The van der Waals surface area contributed by atoms with Gasteiger partial charge in [0, 0.05) is 31.3 Å². The highest BCUT2D eigenvalue weighted by molar-refractivity contribution is 6.31. The maximum atomic E-state index is 13.0. The van der Waals surface area contributed by atoms with E-state index in [1.807, 2.05) is 11.8 Å². The van der Waals surface area contributed by atoms with Crippen molar-refractivity contribution in [1.29, 1.82) is 0 Å². The van der Waals surface area contributed by atoms with Gasteiger partial charge in [-0.05, 0) is 37.6 Å². The van der Waals surface area contributed by atoms with Crippen LogP contribution in [0.3, 0.4) is 0 Å². The molecule has 0 radical (unpaired) electrons. The first-order valence-corrected chi connectivity index (χ1v) is 9.50. The van der Waals surface area contributed by atoms with Gasteiger partial charge in [-0.25, -0.2) is 0 Å². The zero-order chi connectivity index (χ0) is 19.8. The summed E-state index contributed by atoms with van der Waals surface area (Å²) < 4.78 is 10.6. The number of benzene rings is 1. The zero-order valence-corrected chi connectivity index (χ0v) is 16.6. The van der Waals surface area contributed by atoms with E-state index >= 15 is 0 Å². The van der Waals surface area contributed by atoms with Crippen LogP contribution in [0.5, 0.6) is 5.75 Å². The quantitative estimate of drug-likeness (QED) is 0.643. The van der Waals surface area contributed by atoms with Crippen LogP contribution in [0.15, 0.2) is 18.2 Å². The lowest BCUT2D eigenvalue weighted by Gasteiger charge is -2.37. The van der Waals surface area contributed by atoms with Crippen LogP contribution in [0, 0.1) is 0 Å². The molecule has 7 nitrogen and oxygen atoms in total. The van der Waals surface area contributed by atoms with Crippen LogP contribution < -0.4 is 4.74 Å². The van der Waals surface area contributed by atoms with Crippen molar-refractivity contribution < 1.29 is 24.2 Å². The van der Waals surface area contributed by atoms with Crippen LogP contribution in [0.1, 0.15) is 30.1 Å². The Labute approximate surface area is 164 Å². The number of aliphatic carboxylic acids is 1. The summed E-state index contributed by atoms with van der Waals surface area (Å²) in [6.45, 7) is 4.58. The van der Waals surface area contributed by atoms with E-state index in [0.717, 1.165) is 12.8 Å². The second kappa shape index (κ2) is 10.5. The fourth-order valence-corrected chi connectivity index (χ4v) is 3.48. The summed E-state index contributed by atoms with van der Waals surface area (Å²) in [6, 6.07) is 5.19. The number of likely N-dealkylation sites (tertiary alicyclic amines) is 1.